The average molecular weight is 328 g/mol. The molecule has 3 rings (SSSR count). The zero-order valence-electron chi connectivity index (χ0n) is 11.0. The first-order valence-electron chi connectivity index (χ1n) is 6.68. The summed E-state index contributed by atoms with van der Waals surface area (Å²) in [5.74, 6) is 2.50. The van der Waals surface area contributed by atoms with Gasteiger partial charge in [-0.15, -0.1) is 0 Å². The molecule has 1 N–H and O–H groups in total. The highest BCUT2D eigenvalue weighted by atomic mass is 79.9. The zero-order valence-corrected chi connectivity index (χ0v) is 12.6. The van der Waals surface area contributed by atoms with Gasteiger partial charge >= 0.3 is 0 Å². The summed E-state index contributed by atoms with van der Waals surface area (Å²) < 4.78 is 17.6. The van der Waals surface area contributed by atoms with Crippen molar-refractivity contribution in [3.63, 3.8) is 0 Å². The minimum absolute atomic E-state index is 0.292. The van der Waals surface area contributed by atoms with Gasteiger partial charge in [-0.25, -0.2) is 0 Å². The Balaban J connectivity index is 1.93. The molecule has 1 fully saturated rings. The van der Waals surface area contributed by atoms with Crippen LogP contribution >= 0.6 is 15.9 Å². The van der Waals surface area contributed by atoms with Gasteiger partial charge in [-0.1, -0.05) is 6.42 Å². The van der Waals surface area contributed by atoms with Crippen LogP contribution in [0.15, 0.2) is 10.5 Å². The molecule has 104 valence electrons. The molecule has 1 unspecified atom stereocenters. The van der Waals surface area contributed by atoms with Crippen molar-refractivity contribution in [1.82, 2.24) is 5.32 Å². The van der Waals surface area contributed by atoms with Crippen LogP contribution in [0, 0.1) is 0 Å². The number of piperidine rings is 1. The smallest absolute Gasteiger partial charge is 0.231 e. The van der Waals surface area contributed by atoms with Crippen LogP contribution in [0.5, 0.6) is 17.2 Å². The van der Waals surface area contributed by atoms with Crippen LogP contribution in [0.3, 0.4) is 0 Å². The van der Waals surface area contributed by atoms with Crippen LogP contribution in [-0.2, 0) is 6.42 Å². The molecule has 2 heterocycles. The topological polar surface area (TPSA) is 39.7 Å². The molecule has 0 bridgehead atoms. The number of hydrogen-bond acceptors (Lipinski definition) is 4. The van der Waals surface area contributed by atoms with Gasteiger partial charge in [-0.2, -0.15) is 0 Å². The maximum Gasteiger partial charge on any atom is 0.231 e. The first kappa shape index (κ1) is 13.1. The van der Waals surface area contributed by atoms with Gasteiger partial charge in [0.25, 0.3) is 0 Å². The molecule has 0 aromatic heterocycles. The lowest BCUT2D eigenvalue weighted by Crippen LogP contribution is -2.35. The summed E-state index contributed by atoms with van der Waals surface area (Å²) in [6.45, 7) is 1.39. The fourth-order valence-electron chi connectivity index (χ4n) is 2.81. The number of hydrogen-bond donors (Lipinski definition) is 1. The molecule has 5 heteroatoms. The minimum atomic E-state index is 0.292. The van der Waals surface area contributed by atoms with Crippen molar-refractivity contribution in [2.24, 2.45) is 0 Å². The summed E-state index contributed by atoms with van der Waals surface area (Å²) in [5.41, 5.74) is 1.10. The lowest BCUT2D eigenvalue weighted by atomic mass is 9.96. The van der Waals surface area contributed by atoms with Gasteiger partial charge in [0.15, 0.2) is 11.5 Å². The molecular weight excluding hydrogens is 310 g/mol. The van der Waals surface area contributed by atoms with E-state index in [0.717, 1.165) is 40.3 Å². The van der Waals surface area contributed by atoms with Crippen LogP contribution < -0.4 is 19.5 Å². The van der Waals surface area contributed by atoms with E-state index in [1.807, 2.05) is 6.07 Å². The molecule has 2 aliphatic rings. The largest absolute Gasteiger partial charge is 0.495 e. The van der Waals surface area contributed by atoms with E-state index in [4.69, 9.17) is 14.2 Å². The van der Waals surface area contributed by atoms with Gasteiger partial charge in [-0.3, -0.25) is 0 Å². The first-order chi connectivity index (χ1) is 9.29. The Bertz CT molecular complexity index is 468. The lowest BCUT2D eigenvalue weighted by Gasteiger charge is -2.25. The molecule has 0 amide bonds. The predicted octanol–water partition coefficient (Wildman–Crippen LogP) is 2.87. The van der Waals surface area contributed by atoms with Crippen molar-refractivity contribution in [2.75, 3.05) is 20.4 Å². The quantitative estimate of drug-likeness (QED) is 0.926. The van der Waals surface area contributed by atoms with Crippen LogP contribution in [-0.4, -0.2) is 26.5 Å². The number of rotatable bonds is 3. The number of halogens is 1. The van der Waals surface area contributed by atoms with Crippen LogP contribution in [0.25, 0.3) is 0 Å². The normalized spacial score (nSPS) is 21.5. The van der Waals surface area contributed by atoms with Gasteiger partial charge in [0.2, 0.25) is 6.79 Å². The molecule has 1 atom stereocenters. The average Bonchev–Trinajstić information content (AvgIpc) is 2.88. The Labute approximate surface area is 121 Å². The highest BCUT2D eigenvalue weighted by Crippen LogP contribution is 2.46. The molecule has 19 heavy (non-hydrogen) atoms. The molecule has 2 aliphatic heterocycles. The minimum Gasteiger partial charge on any atom is -0.495 e. The van der Waals surface area contributed by atoms with Crippen LogP contribution in [0.2, 0.25) is 0 Å². The number of methoxy groups -OCH3 is 1. The van der Waals surface area contributed by atoms with Crippen molar-refractivity contribution in [3.8, 4) is 17.2 Å². The molecule has 4 nitrogen and oxygen atoms in total. The molecule has 0 radical (unpaired) electrons. The second kappa shape index (κ2) is 5.59. The zero-order chi connectivity index (χ0) is 13.2. The molecule has 1 saturated heterocycles. The lowest BCUT2D eigenvalue weighted by molar-refractivity contribution is 0.173. The Kier molecular flexibility index (Phi) is 3.84. The Morgan fingerprint density at radius 2 is 2.32 bits per heavy atom. The van der Waals surface area contributed by atoms with Gasteiger partial charge in [0.05, 0.1) is 11.6 Å². The molecule has 0 aliphatic carbocycles. The number of fused-ring (bicyclic) bond motifs is 1. The van der Waals surface area contributed by atoms with E-state index in [2.05, 4.69) is 21.2 Å². The fraction of sp³-hybridized carbons (Fsp3) is 0.571. The first-order valence-corrected chi connectivity index (χ1v) is 7.47. The van der Waals surface area contributed by atoms with Crippen molar-refractivity contribution in [2.45, 2.75) is 31.7 Å². The summed E-state index contributed by atoms with van der Waals surface area (Å²) in [7, 11) is 1.69. The predicted molar refractivity (Wildman–Crippen MR) is 76.2 cm³/mol. The van der Waals surface area contributed by atoms with E-state index in [0.29, 0.717) is 12.8 Å². The molecule has 1 aromatic rings. The van der Waals surface area contributed by atoms with E-state index in [9.17, 15) is 0 Å². The highest BCUT2D eigenvalue weighted by Gasteiger charge is 2.26. The van der Waals surface area contributed by atoms with Crippen LogP contribution in [0.1, 0.15) is 24.8 Å². The van der Waals surface area contributed by atoms with Crippen LogP contribution in [0.4, 0.5) is 0 Å². The summed E-state index contributed by atoms with van der Waals surface area (Å²) in [6.07, 6.45) is 4.66. The molecule has 0 spiro atoms. The number of ether oxygens (including phenoxy) is 3. The molecular formula is C14H18BrNO3. The summed E-state index contributed by atoms with van der Waals surface area (Å²) in [4.78, 5) is 0. The standard InChI is InChI=1S/C14H18BrNO3/c1-17-13-10(6-9-4-2-3-5-16-9)14-12(7-11(13)15)18-8-19-14/h7,9,16H,2-6,8H2,1H3. The Hall–Kier alpha value is -0.940. The van der Waals surface area contributed by atoms with E-state index >= 15 is 0 Å². The maximum absolute atomic E-state index is 5.62. The fourth-order valence-corrected chi connectivity index (χ4v) is 3.42. The Morgan fingerprint density at radius 3 is 3.05 bits per heavy atom. The second-order valence-corrected chi connectivity index (χ2v) is 5.81. The van der Waals surface area contributed by atoms with Crippen molar-refractivity contribution in [1.29, 1.82) is 0 Å². The van der Waals surface area contributed by atoms with Gasteiger partial charge in [-0.05, 0) is 41.7 Å². The number of benzene rings is 1. The van der Waals surface area contributed by atoms with E-state index in [1.165, 1.54) is 19.3 Å². The van der Waals surface area contributed by atoms with E-state index < -0.39 is 0 Å². The third kappa shape index (κ3) is 2.54. The molecule has 0 saturated carbocycles. The summed E-state index contributed by atoms with van der Waals surface area (Å²) in [6, 6.07) is 2.41. The van der Waals surface area contributed by atoms with Gasteiger partial charge in [0, 0.05) is 17.7 Å². The van der Waals surface area contributed by atoms with Gasteiger partial charge in [0.1, 0.15) is 5.75 Å². The summed E-state index contributed by atoms with van der Waals surface area (Å²) in [5, 5.41) is 3.56. The van der Waals surface area contributed by atoms with Crippen molar-refractivity contribution < 1.29 is 14.2 Å². The maximum atomic E-state index is 5.62. The SMILES string of the molecule is COc1c(Br)cc2c(c1CC1CCCCN1)OCO2. The van der Waals surface area contributed by atoms with Crippen molar-refractivity contribution >= 4 is 15.9 Å². The monoisotopic (exact) mass is 327 g/mol. The van der Waals surface area contributed by atoms with E-state index in [1.54, 1.807) is 7.11 Å². The third-order valence-electron chi connectivity index (χ3n) is 3.73. The van der Waals surface area contributed by atoms with Gasteiger partial charge < -0.3 is 19.5 Å². The Morgan fingerprint density at radius 1 is 1.42 bits per heavy atom. The molecule has 1 aromatic carbocycles. The third-order valence-corrected chi connectivity index (χ3v) is 4.32. The summed E-state index contributed by atoms with van der Waals surface area (Å²) >= 11 is 3.54. The van der Waals surface area contributed by atoms with E-state index in [-0.39, 0.29) is 0 Å². The second-order valence-electron chi connectivity index (χ2n) is 4.95. The highest BCUT2D eigenvalue weighted by molar-refractivity contribution is 9.10. The number of nitrogens with one attached hydrogen (secondary N) is 1. The van der Waals surface area contributed by atoms with Crippen molar-refractivity contribution in [3.05, 3.63) is 16.1 Å².